The third-order valence-corrected chi connectivity index (χ3v) is 3.44. The molecule has 120 valence electrons. The first-order valence-corrected chi connectivity index (χ1v) is 7.03. The number of carboxylic acid groups (broad SMARTS) is 1. The van der Waals surface area contributed by atoms with E-state index in [1.807, 2.05) is 6.07 Å². The largest absolute Gasteiger partial charge is 0.485 e. The molecule has 0 bridgehead atoms. The van der Waals surface area contributed by atoms with Crippen molar-refractivity contribution < 1.29 is 28.6 Å². The summed E-state index contributed by atoms with van der Waals surface area (Å²) in [5.41, 5.74) is 0.0837. The summed E-state index contributed by atoms with van der Waals surface area (Å²) in [6, 6.07) is 8.50. The van der Waals surface area contributed by atoms with Gasteiger partial charge >= 0.3 is 5.97 Å². The van der Waals surface area contributed by atoms with Crippen LogP contribution in [-0.4, -0.2) is 29.7 Å². The van der Waals surface area contributed by atoms with E-state index >= 15 is 0 Å². The van der Waals surface area contributed by atoms with Gasteiger partial charge in [0.2, 0.25) is 6.10 Å². The first-order chi connectivity index (χ1) is 11.0. The van der Waals surface area contributed by atoms with Gasteiger partial charge in [-0.2, -0.15) is 0 Å². The van der Waals surface area contributed by atoms with Crippen molar-refractivity contribution in [1.29, 1.82) is 0 Å². The molecule has 1 amide bonds. The fourth-order valence-electron chi connectivity index (χ4n) is 2.28. The minimum absolute atomic E-state index is 0.0778. The standard InChI is InChI=1S/C16H15NO6/c1-9-11(16(19)20)6-10(22-9)7-17-15(18)14-8-21-12-4-2-3-5-13(12)23-14/h2-6,14H,7-8H2,1H3,(H,17,18)(H,19,20). The van der Waals surface area contributed by atoms with Crippen molar-refractivity contribution in [3.63, 3.8) is 0 Å². The summed E-state index contributed by atoms with van der Waals surface area (Å²) in [4.78, 5) is 23.1. The number of aryl methyl sites for hydroxylation is 1. The van der Waals surface area contributed by atoms with Crippen molar-refractivity contribution in [3.8, 4) is 11.5 Å². The molecule has 1 aliphatic rings. The zero-order chi connectivity index (χ0) is 16.4. The summed E-state index contributed by atoms with van der Waals surface area (Å²) in [5, 5.41) is 11.6. The lowest BCUT2D eigenvalue weighted by atomic mass is 10.2. The number of hydrogen-bond donors (Lipinski definition) is 2. The summed E-state index contributed by atoms with van der Waals surface area (Å²) in [6.07, 6.45) is -0.764. The van der Waals surface area contributed by atoms with Crippen molar-refractivity contribution in [2.24, 2.45) is 0 Å². The molecule has 7 nitrogen and oxygen atoms in total. The Hall–Kier alpha value is -2.96. The van der Waals surface area contributed by atoms with E-state index in [4.69, 9.17) is 19.0 Å². The molecule has 1 aromatic heterocycles. The summed E-state index contributed by atoms with van der Waals surface area (Å²) < 4.78 is 16.4. The highest BCUT2D eigenvalue weighted by atomic mass is 16.6. The molecule has 2 aromatic rings. The van der Waals surface area contributed by atoms with Gasteiger partial charge in [0, 0.05) is 0 Å². The van der Waals surface area contributed by atoms with Gasteiger partial charge in [-0.05, 0) is 25.1 Å². The van der Waals surface area contributed by atoms with Crippen LogP contribution in [0.5, 0.6) is 11.5 Å². The SMILES string of the molecule is Cc1oc(CNC(=O)C2COc3ccccc3O2)cc1C(=O)O. The minimum atomic E-state index is -1.07. The Morgan fingerprint density at radius 1 is 1.30 bits per heavy atom. The van der Waals surface area contributed by atoms with Crippen LogP contribution in [0.4, 0.5) is 0 Å². The lowest BCUT2D eigenvalue weighted by Gasteiger charge is -2.25. The number of furan rings is 1. The Morgan fingerprint density at radius 3 is 2.74 bits per heavy atom. The normalized spacial score (nSPS) is 16.0. The maximum Gasteiger partial charge on any atom is 0.339 e. The van der Waals surface area contributed by atoms with Crippen LogP contribution in [0.25, 0.3) is 0 Å². The molecule has 3 rings (SSSR count). The Morgan fingerprint density at radius 2 is 2.04 bits per heavy atom. The predicted molar refractivity (Wildman–Crippen MR) is 78.6 cm³/mol. The second-order valence-electron chi connectivity index (χ2n) is 5.07. The van der Waals surface area contributed by atoms with Gasteiger partial charge in [0.05, 0.1) is 6.54 Å². The Bertz CT molecular complexity index is 751. The van der Waals surface area contributed by atoms with Crippen LogP contribution in [0.15, 0.2) is 34.7 Å². The molecule has 0 fully saturated rings. The maximum atomic E-state index is 12.1. The van der Waals surface area contributed by atoms with E-state index in [1.54, 1.807) is 25.1 Å². The molecule has 2 N–H and O–H groups in total. The van der Waals surface area contributed by atoms with E-state index in [9.17, 15) is 9.59 Å². The number of fused-ring (bicyclic) bond motifs is 1. The monoisotopic (exact) mass is 317 g/mol. The maximum absolute atomic E-state index is 12.1. The molecular weight excluding hydrogens is 302 g/mol. The van der Waals surface area contributed by atoms with Crippen LogP contribution in [0.2, 0.25) is 0 Å². The third kappa shape index (κ3) is 3.13. The fourth-order valence-corrected chi connectivity index (χ4v) is 2.28. The number of hydrogen-bond acceptors (Lipinski definition) is 5. The summed E-state index contributed by atoms with van der Waals surface area (Å²) in [7, 11) is 0. The Balaban J connectivity index is 1.60. The van der Waals surface area contributed by atoms with Crippen LogP contribution < -0.4 is 14.8 Å². The average Bonchev–Trinajstić information content (AvgIpc) is 2.93. The Kier molecular flexibility index (Phi) is 3.92. The molecule has 1 unspecified atom stereocenters. The first kappa shape index (κ1) is 15.0. The van der Waals surface area contributed by atoms with Crippen molar-refractivity contribution in [3.05, 3.63) is 47.4 Å². The number of carboxylic acids is 1. The van der Waals surface area contributed by atoms with E-state index in [2.05, 4.69) is 5.32 Å². The molecular formula is C16H15NO6. The van der Waals surface area contributed by atoms with Crippen molar-refractivity contribution in [2.75, 3.05) is 6.61 Å². The molecule has 1 aromatic carbocycles. The highest BCUT2D eigenvalue weighted by molar-refractivity contribution is 5.88. The minimum Gasteiger partial charge on any atom is -0.485 e. The highest BCUT2D eigenvalue weighted by Crippen LogP contribution is 2.30. The molecule has 0 radical (unpaired) electrons. The number of carbonyl (C=O) groups excluding carboxylic acids is 1. The van der Waals surface area contributed by atoms with E-state index < -0.39 is 12.1 Å². The predicted octanol–water partition coefficient (Wildman–Crippen LogP) is 1.74. The highest BCUT2D eigenvalue weighted by Gasteiger charge is 2.27. The Labute approximate surface area is 131 Å². The second kappa shape index (κ2) is 6.04. The summed E-state index contributed by atoms with van der Waals surface area (Å²) in [6.45, 7) is 1.75. The van der Waals surface area contributed by atoms with Gasteiger partial charge in [0.1, 0.15) is 23.7 Å². The van der Waals surface area contributed by atoms with Crippen LogP contribution in [0.3, 0.4) is 0 Å². The van der Waals surface area contributed by atoms with E-state index in [0.717, 1.165) is 0 Å². The lowest BCUT2D eigenvalue weighted by Crippen LogP contribution is -2.43. The van der Waals surface area contributed by atoms with E-state index in [-0.39, 0.29) is 24.6 Å². The number of rotatable bonds is 4. The summed E-state index contributed by atoms with van der Waals surface area (Å²) >= 11 is 0. The molecule has 0 saturated heterocycles. The van der Waals surface area contributed by atoms with Gasteiger partial charge in [-0.25, -0.2) is 4.79 Å². The molecule has 0 spiro atoms. The van der Waals surface area contributed by atoms with Crippen molar-refractivity contribution in [1.82, 2.24) is 5.32 Å². The van der Waals surface area contributed by atoms with Crippen LogP contribution >= 0.6 is 0 Å². The number of benzene rings is 1. The molecule has 0 aliphatic carbocycles. The number of aromatic carboxylic acids is 1. The van der Waals surface area contributed by atoms with Gasteiger partial charge in [0.15, 0.2) is 11.5 Å². The molecule has 23 heavy (non-hydrogen) atoms. The average molecular weight is 317 g/mol. The quantitative estimate of drug-likeness (QED) is 0.891. The zero-order valence-corrected chi connectivity index (χ0v) is 12.4. The van der Waals surface area contributed by atoms with Crippen molar-refractivity contribution in [2.45, 2.75) is 19.6 Å². The number of amides is 1. The van der Waals surface area contributed by atoms with Gasteiger partial charge < -0.3 is 24.3 Å². The number of nitrogens with one attached hydrogen (secondary N) is 1. The van der Waals surface area contributed by atoms with E-state index in [0.29, 0.717) is 23.0 Å². The molecule has 7 heteroatoms. The van der Waals surface area contributed by atoms with Gasteiger partial charge in [-0.15, -0.1) is 0 Å². The molecule has 0 saturated carbocycles. The smallest absolute Gasteiger partial charge is 0.339 e. The zero-order valence-electron chi connectivity index (χ0n) is 12.4. The van der Waals surface area contributed by atoms with Crippen LogP contribution in [-0.2, 0) is 11.3 Å². The molecule has 1 atom stereocenters. The number of para-hydroxylation sites is 2. The second-order valence-corrected chi connectivity index (χ2v) is 5.07. The third-order valence-electron chi connectivity index (χ3n) is 3.44. The van der Waals surface area contributed by atoms with Gasteiger partial charge in [0.25, 0.3) is 5.91 Å². The number of ether oxygens (including phenoxy) is 2. The van der Waals surface area contributed by atoms with Crippen LogP contribution in [0, 0.1) is 6.92 Å². The van der Waals surface area contributed by atoms with Crippen LogP contribution in [0.1, 0.15) is 21.9 Å². The number of carbonyl (C=O) groups is 2. The first-order valence-electron chi connectivity index (χ1n) is 7.03. The van der Waals surface area contributed by atoms with E-state index in [1.165, 1.54) is 6.07 Å². The topological polar surface area (TPSA) is 98.0 Å². The van der Waals surface area contributed by atoms with Gasteiger partial charge in [-0.3, -0.25) is 4.79 Å². The van der Waals surface area contributed by atoms with Gasteiger partial charge in [-0.1, -0.05) is 12.1 Å². The molecule has 1 aliphatic heterocycles. The molecule has 2 heterocycles. The summed E-state index contributed by atoms with van der Waals surface area (Å²) in [5.74, 6) is 0.360. The lowest BCUT2D eigenvalue weighted by molar-refractivity contribution is -0.130. The fraction of sp³-hybridized carbons (Fsp3) is 0.250. The van der Waals surface area contributed by atoms with Crippen molar-refractivity contribution >= 4 is 11.9 Å².